The topological polar surface area (TPSA) is 91.7 Å². The molecule has 0 fully saturated rings. The molecule has 7 nitrogen and oxygen atoms in total. The summed E-state index contributed by atoms with van der Waals surface area (Å²) in [5.74, 6) is -1.06. The molecule has 0 saturated carbocycles. The van der Waals surface area contributed by atoms with Crippen LogP contribution in [0, 0.1) is 6.92 Å². The van der Waals surface area contributed by atoms with Crippen molar-refractivity contribution in [1.29, 1.82) is 0 Å². The Morgan fingerprint density at radius 1 is 1.00 bits per heavy atom. The highest BCUT2D eigenvalue weighted by molar-refractivity contribution is 6.39. The summed E-state index contributed by atoms with van der Waals surface area (Å²) in [5, 5.41) is 5.99. The molecule has 0 saturated heterocycles. The molecule has 1 aromatic heterocycles. The van der Waals surface area contributed by atoms with Crippen molar-refractivity contribution >= 4 is 52.3 Å². The molecule has 1 heterocycles. The normalized spacial score (nSPS) is 10.5. The van der Waals surface area contributed by atoms with E-state index in [1.165, 1.54) is 11.2 Å². The molecule has 166 valence electrons. The molecule has 0 bridgehead atoms. The van der Waals surface area contributed by atoms with E-state index in [2.05, 4.69) is 10.6 Å². The number of nitrogens with zero attached hydrogens (tertiary/aromatic N) is 1. The summed E-state index contributed by atoms with van der Waals surface area (Å²) in [6.45, 7) is 3.68. The van der Waals surface area contributed by atoms with E-state index in [-0.39, 0.29) is 18.2 Å². The molecule has 3 aromatic rings. The van der Waals surface area contributed by atoms with Crippen molar-refractivity contribution in [3.63, 3.8) is 0 Å². The van der Waals surface area contributed by atoms with Crippen molar-refractivity contribution in [1.82, 2.24) is 4.90 Å². The summed E-state index contributed by atoms with van der Waals surface area (Å²) in [6.07, 6.45) is 1.40. The number of amides is 3. The third-order valence-electron chi connectivity index (χ3n) is 4.71. The molecule has 0 aliphatic heterocycles. The third-order valence-corrected chi connectivity index (χ3v) is 5.34. The van der Waals surface area contributed by atoms with Gasteiger partial charge in [-0.2, -0.15) is 0 Å². The summed E-state index contributed by atoms with van der Waals surface area (Å²) in [4.78, 5) is 39.2. The fourth-order valence-electron chi connectivity index (χ4n) is 2.96. The standard InChI is InChI=1S/C23H21Cl2N3O4/c1-3-28(13-20(29)27-21-16(24)6-4-7-17(21)25)23(31)15-10-9-14(2)18(12-15)26-22(30)19-8-5-11-32-19/h4-12H,3,13H2,1-2H3,(H,26,30)(H,27,29). The number of rotatable bonds is 7. The summed E-state index contributed by atoms with van der Waals surface area (Å²) in [5.41, 5.74) is 1.87. The number of halogens is 2. The second kappa shape index (κ2) is 10.3. The summed E-state index contributed by atoms with van der Waals surface area (Å²) in [7, 11) is 0. The molecular weight excluding hydrogens is 453 g/mol. The minimum Gasteiger partial charge on any atom is -0.459 e. The Hall–Kier alpha value is -3.29. The van der Waals surface area contributed by atoms with Crippen LogP contribution in [0.1, 0.15) is 33.4 Å². The SMILES string of the molecule is CCN(CC(=O)Nc1c(Cl)cccc1Cl)C(=O)c1ccc(C)c(NC(=O)c2ccco2)c1. The molecule has 32 heavy (non-hydrogen) atoms. The molecule has 0 unspecified atom stereocenters. The number of aryl methyl sites for hydroxylation is 1. The monoisotopic (exact) mass is 473 g/mol. The number of furan rings is 1. The zero-order valence-electron chi connectivity index (χ0n) is 17.4. The van der Waals surface area contributed by atoms with Gasteiger partial charge >= 0.3 is 0 Å². The van der Waals surface area contributed by atoms with Crippen LogP contribution in [0.5, 0.6) is 0 Å². The Balaban J connectivity index is 1.73. The molecule has 0 aliphatic rings. The lowest BCUT2D eigenvalue weighted by atomic mass is 10.1. The van der Waals surface area contributed by atoms with E-state index in [0.29, 0.717) is 33.5 Å². The van der Waals surface area contributed by atoms with Gasteiger partial charge in [0, 0.05) is 17.8 Å². The number of nitrogens with one attached hydrogen (secondary N) is 2. The van der Waals surface area contributed by atoms with E-state index in [9.17, 15) is 14.4 Å². The van der Waals surface area contributed by atoms with E-state index in [1.807, 2.05) is 6.92 Å². The molecule has 0 atom stereocenters. The Labute approximate surface area is 195 Å². The van der Waals surface area contributed by atoms with Crippen molar-refractivity contribution in [2.24, 2.45) is 0 Å². The maximum Gasteiger partial charge on any atom is 0.291 e. The van der Waals surface area contributed by atoms with E-state index in [0.717, 1.165) is 5.56 Å². The number of carbonyl (C=O) groups excluding carboxylic acids is 3. The smallest absolute Gasteiger partial charge is 0.291 e. The van der Waals surface area contributed by atoms with Gasteiger partial charge < -0.3 is 20.0 Å². The average Bonchev–Trinajstić information content (AvgIpc) is 3.31. The second-order valence-corrected chi connectivity index (χ2v) is 7.74. The van der Waals surface area contributed by atoms with Crippen LogP contribution < -0.4 is 10.6 Å². The van der Waals surface area contributed by atoms with Crippen LogP contribution in [0.25, 0.3) is 0 Å². The van der Waals surface area contributed by atoms with Gasteiger partial charge in [0.2, 0.25) is 5.91 Å². The van der Waals surface area contributed by atoms with Crippen LogP contribution in [-0.4, -0.2) is 35.7 Å². The van der Waals surface area contributed by atoms with Crippen LogP contribution in [-0.2, 0) is 4.79 Å². The van der Waals surface area contributed by atoms with Gasteiger partial charge in [-0.05, 0) is 55.8 Å². The average molecular weight is 474 g/mol. The number of likely N-dealkylation sites (N-methyl/N-ethyl adjacent to an activating group) is 1. The first-order valence-electron chi connectivity index (χ1n) is 9.78. The Bertz CT molecular complexity index is 1130. The van der Waals surface area contributed by atoms with Crippen molar-refractivity contribution in [2.75, 3.05) is 23.7 Å². The Morgan fingerprint density at radius 3 is 2.34 bits per heavy atom. The van der Waals surface area contributed by atoms with Crippen molar-refractivity contribution in [3.8, 4) is 0 Å². The molecular formula is C23H21Cl2N3O4. The molecule has 0 radical (unpaired) electrons. The first-order chi connectivity index (χ1) is 15.3. The van der Waals surface area contributed by atoms with Crippen LogP contribution in [0.15, 0.2) is 59.2 Å². The number of carbonyl (C=O) groups is 3. The number of para-hydroxylation sites is 1. The fourth-order valence-corrected chi connectivity index (χ4v) is 3.45. The maximum absolute atomic E-state index is 13.0. The predicted molar refractivity (Wildman–Crippen MR) is 125 cm³/mol. The second-order valence-electron chi connectivity index (χ2n) is 6.93. The molecule has 3 amide bonds. The Kier molecular flexibility index (Phi) is 7.56. The van der Waals surface area contributed by atoms with Crippen LogP contribution in [0.4, 0.5) is 11.4 Å². The molecule has 0 spiro atoms. The molecule has 0 aliphatic carbocycles. The highest BCUT2D eigenvalue weighted by Gasteiger charge is 2.20. The zero-order valence-corrected chi connectivity index (χ0v) is 19.0. The lowest BCUT2D eigenvalue weighted by Crippen LogP contribution is -2.38. The summed E-state index contributed by atoms with van der Waals surface area (Å²) < 4.78 is 5.10. The largest absolute Gasteiger partial charge is 0.459 e. The quantitative estimate of drug-likeness (QED) is 0.490. The van der Waals surface area contributed by atoms with Crippen molar-refractivity contribution in [2.45, 2.75) is 13.8 Å². The molecule has 2 N–H and O–H groups in total. The first kappa shape index (κ1) is 23.4. The fraction of sp³-hybridized carbons (Fsp3) is 0.174. The van der Waals surface area contributed by atoms with E-state index in [4.69, 9.17) is 27.6 Å². The minimum absolute atomic E-state index is 0.159. The van der Waals surface area contributed by atoms with Gasteiger partial charge in [0.15, 0.2) is 5.76 Å². The van der Waals surface area contributed by atoms with E-state index >= 15 is 0 Å². The van der Waals surface area contributed by atoms with Crippen LogP contribution in [0.3, 0.4) is 0 Å². The Morgan fingerprint density at radius 2 is 1.72 bits per heavy atom. The van der Waals surface area contributed by atoms with Crippen LogP contribution >= 0.6 is 23.2 Å². The van der Waals surface area contributed by atoms with E-state index < -0.39 is 11.8 Å². The predicted octanol–water partition coefficient (Wildman–Crippen LogP) is 5.25. The maximum atomic E-state index is 13.0. The summed E-state index contributed by atoms with van der Waals surface area (Å²) in [6, 6.07) is 13.0. The van der Waals surface area contributed by atoms with Gasteiger partial charge in [0.1, 0.15) is 6.54 Å². The van der Waals surface area contributed by atoms with E-state index in [1.54, 1.807) is 55.5 Å². The minimum atomic E-state index is -0.436. The summed E-state index contributed by atoms with van der Waals surface area (Å²) >= 11 is 12.2. The lowest BCUT2D eigenvalue weighted by molar-refractivity contribution is -0.116. The van der Waals surface area contributed by atoms with Crippen molar-refractivity contribution in [3.05, 3.63) is 81.7 Å². The van der Waals surface area contributed by atoms with Gasteiger partial charge in [-0.1, -0.05) is 35.3 Å². The third kappa shape index (κ3) is 5.49. The number of hydrogen-bond acceptors (Lipinski definition) is 4. The highest BCUT2D eigenvalue weighted by atomic mass is 35.5. The number of hydrogen-bond donors (Lipinski definition) is 2. The number of anilines is 2. The van der Waals surface area contributed by atoms with Gasteiger partial charge in [-0.15, -0.1) is 0 Å². The van der Waals surface area contributed by atoms with Gasteiger partial charge in [-0.3, -0.25) is 14.4 Å². The molecule has 9 heteroatoms. The lowest BCUT2D eigenvalue weighted by Gasteiger charge is -2.21. The number of benzene rings is 2. The van der Waals surface area contributed by atoms with Gasteiger partial charge in [0.25, 0.3) is 11.8 Å². The highest BCUT2D eigenvalue weighted by Crippen LogP contribution is 2.29. The zero-order chi connectivity index (χ0) is 23.3. The molecule has 3 rings (SSSR count). The van der Waals surface area contributed by atoms with Gasteiger partial charge in [-0.25, -0.2) is 0 Å². The van der Waals surface area contributed by atoms with Gasteiger partial charge in [0.05, 0.1) is 22.0 Å². The van der Waals surface area contributed by atoms with Crippen LogP contribution in [0.2, 0.25) is 10.0 Å². The van der Waals surface area contributed by atoms with Crippen molar-refractivity contribution < 1.29 is 18.8 Å². The molecule has 2 aromatic carbocycles. The first-order valence-corrected chi connectivity index (χ1v) is 10.5.